The molecule has 0 N–H and O–H groups in total. The van der Waals surface area contributed by atoms with Gasteiger partial charge in [-0.2, -0.15) is 0 Å². The zero-order valence-corrected chi connectivity index (χ0v) is 18.4. The Balaban J connectivity index is 1.56. The van der Waals surface area contributed by atoms with E-state index in [0.29, 0.717) is 19.1 Å². The first-order valence-corrected chi connectivity index (χ1v) is 11.0. The van der Waals surface area contributed by atoms with Gasteiger partial charge in [-0.15, -0.1) is 0 Å². The quantitative estimate of drug-likeness (QED) is 0.287. The number of benzene rings is 2. The molecule has 162 valence electrons. The van der Waals surface area contributed by atoms with Gasteiger partial charge in [-0.25, -0.2) is 4.98 Å². The highest BCUT2D eigenvalue weighted by molar-refractivity contribution is 5.62. The van der Waals surface area contributed by atoms with Crippen LogP contribution in [0, 0.1) is 0 Å². The Morgan fingerprint density at radius 2 is 1.23 bits per heavy atom. The molecule has 0 radical (unpaired) electrons. The molecule has 0 unspecified atom stereocenters. The number of hydrogen-bond donors (Lipinski definition) is 0. The topological polar surface area (TPSA) is 44.5 Å². The maximum absolute atomic E-state index is 5.97. The van der Waals surface area contributed by atoms with Crippen LogP contribution in [0.5, 0.6) is 11.5 Å². The number of hydrogen-bond acceptors (Lipinski definition) is 4. The Morgan fingerprint density at radius 3 is 1.74 bits per heavy atom. The first kappa shape index (κ1) is 22.4. The fourth-order valence-electron chi connectivity index (χ4n) is 2.94. The van der Waals surface area contributed by atoms with Crippen molar-refractivity contribution in [1.82, 2.24) is 4.98 Å². The second kappa shape index (κ2) is 12.4. The average Bonchev–Trinajstić information content (AvgIpc) is 3.30. The van der Waals surface area contributed by atoms with E-state index in [4.69, 9.17) is 13.9 Å². The van der Waals surface area contributed by atoms with Gasteiger partial charge in [0.25, 0.3) is 0 Å². The smallest absolute Gasteiger partial charge is 0.226 e. The van der Waals surface area contributed by atoms with E-state index >= 15 is 0 Å². The third kappa shape index (κ3) is 7.18. The van der Waals surface area contributed by atoms with E-state index in [1.807, 2.05) is 48.5 Å². The highest BCUT2D eigenvalue weighted by atomic mass is 16.5. The van der Waals surface area contributed by atoms with Crippen LogP contribution >= 0.6 is 0 Å². The van der Waals surface area contributed by atoms with Crippen LogP contribution < -0.4 is 9.47 Å². The molecule has 0 fully saturated rings. The minimum absolute atomic E-state index is 0.581. The summed E-state index contributed by atoms with van der Waals surface area (Å²) < 4.78 is 17.4. The van der Waals surface area contributed by atoms with Crippen molar-refractivity contribution in [3.05, 3.63) is 79.0 Å². The van der Waals surface area contributed by atoms with Crippen molar-refractivity contribution < 1.29 is 13.9 Å². The average molecular weight is 418 g/mol. The van der Waals surface area contributed by atoms with Gasteiger partial charge in [0, 0.05) is 11.1 Å². The standard InChI is InChI=1S/C27H31NO3/c1-3-5-7-9-19-29-24-15-11-22(12-16-24)26-21-28-27(31-26)23-13-17-25(18-14-23)30-20-10-8-6-4-2/h7-18,21H,3-6,19-20H2,1-2H3/b9-7+,10-8+. The van der Waals surface area contributed by atoms with Crippen molar-refractivity contribution in [2.45, 2.75) is 39.5 Å². The Kier molecular flexibility index (Phi) is 8.99. The minimum Gasteiger partial charge on any atom is -0.490 e. The van der Waals surface area contributed by atoms with Crippen LogP contribution in [-0.4, -0.2) is 18.2 Å². The zero-order chi connectivity index (χ0) is 21.7. The first-order chi connectivity index (χ1) is 15.3. The SMILES string of the molecule is CCC/C=C/COc1ccc(-c2cnc(-c3ccc(OC/C=C/CCC)cc3)o2)cc1. The van der Waals surface area contributed by atoms with Gasteiger partial charge >= 0.3 is 0 Å². The third-order valence-corrected chi connectivity index (χ3v) is 4.68. The Labute approximate surface area is 185 Å². The van der Waals surface area contributed by atoms with Gasteiger partial charge in [-0.3, -0.25) is 0 Å². The molecule has 3 aromatic rings. The molecular weight excluding hydrogens is 386 g/mol. The number of nitrogens with zero attached hydrogens (tertiary/aromatic N) is 1. The summed E-state index contributed by atoms with van der Waals surface area (Å²) >= 11 is 0. The summed E-state index contributed by atoms with van der Waals surface area (Å²) in [4.78, 5) is 4.43. The second-order valence-electron chi connectivity index (χ2n) is 7.22. The molecule has 0 aliphatic carbocycles. The first-order valence-electron chi connectivity index (χ1n) is 11.0. The third-order valence-electron chi connectivity index (χ3n) is 4.68. The van der Waals surface area contributed by atoms with Gasteiger partial charge in [0.2, 0.25) is 5.89 Å². The van der Waals surface area contributed by atoms with Crippen molar-refractivity contribution in [1.29, 1.82) is 0 Å². The lowest BCUT2D eigenvalue weighted by Crippen LogP contribution is -1.93. The molecule has 4 heteroatoms. The number of aromatic nitrogens is 1. The van der Waals surface area contributed by atoms with E-state index in [1.165, 1.54) is 0 Å². The molecule has 1 heterocycles. The summed E-state index contributed by atoms with van der Waals surface area (Å²) in [5.74, 6) is 2.98. The van der Waals surface area contributed by atoms with Crippen LogP contribution in [0.1, 0.15) is 39.5 Å². The number of allylic oxidation sites excluding steroid dienone is 2. The molecule has 0 amide bonds. The van der Waals surface area contributed by atoms with Gasteiger partial charge in [0.15, 0.2) is 5.76 Å². The van der Waals surface area contributed by atoms with Gasteiger partial charge in [0.05, 0.1) is 6.20 Å². The molecule has 0 bridgehead atoms. The fraction of sp³-hybridized carbons (Fsp3) is 0.296. The molecule has 3 rings (SSSR count). The molecule has 2 aromatic carbocycles. The van der Waals surface area contributed by atoms with Crippen LogP contribution in [0.25, 0.3) is 22.8 Å². The highest BCUT2D eigenvalue weighted by Crippen LogP contribution is 2.28. The van der Waals surface area contributed by atoms with Crippen LogP contribution in [0.15, 0.2) is 83.4 Å². The number of ether oxygens (including phenoxy) is 2. The zero-order valence-electron chi connectivity index (χ0n) is 18.4. The van der Waals surface area contributed by atoms with Crippen LogP contribution in [-0.2, 0) is 0 Å². The second-order valence-corrected chi connectivity index (χ2v) is 7.22. The normalized spacial score (nSPS) is 11.4. The van der Waals surface area contributed by atoms with Crippen molar-refractivity contribution >= 4 is 0 Å². The minimum atomic E-state index is 0.581. The van der Waals surface area contributed by atoms with Crippen LogP contribution in [0.3, 0.4) is 0 Å². The Hall–Kier alpha value is -3.27. The summed E-state index contributed by atoms with van der Waals surface area (Å²) in [6, 6.07) is 15.7. The van der Waals surface area contributed by atoms with E-state index in [2.05, 4.69) is 43.1 Å². The van der Waals surface area contributed by atoms with E-state index in [0.717, 1.165) is 54.1 Å². The molecular formula is C27H31NO3. The van der Waals surface area contributed by atoms with E-state index < -0.39 is 0 Å². The molecule has 1 aromatic heterocycles. The van der Waals surface area contributed by atoms with Gasteiger partial charge in [0.1, 0.15) is 24.7 Å². The van der Waals surface area contributed by atoms with E-state index in [1.54, 1.807) is 6.20 Å². The molecule has 0 saturated carbocycles. The van der Waals surface area contributed by atoms with E-state index in [9.17, 15) is 0 Å². The van der Waals surface area contributed by atoms with Gasteiger partial charge < -0.3 is 13.9 Å². The van der Waals surface area contributed by atoms with Crippen molar-refractivity contribution in [3.8, 4) is 34.3 Å². The summed E-state index contributed by atoms with van der Waals surface area (Å²) in [5.41, 5.74) is 1.88. The monoisotopic (exact) mass is 417 g/mol. The highest BCUT2D eigenvalue weighted by Gasteiger charge is 2.09. The number of oxazole rings is 1. The van der Waals surface area contributed by atoms with Crippen molar-refractivity contribution in [3.63, 3.8) is 0 Å². The predicted octanol–water partition coefficient (Wildman–Crippen LogP) is 7.48. The summed E-state index contributed by atoms with van der Waals surface area (Å²) in [6.07, 6.45) is 14.6. The predicted molar refractivity (Wildman–Crippen MR) is 126 cm³/mol. The molecule has 0 aliphatic heterocycles. The van der Waals surface area contributed by atoms with Crippen molar-refractivity contribution in [2.75, 3.05) is 13.2 Å². The number of unbranched alkanes of at least 4 members (excludes halogenated alkanes) is 2. The van der Waals surface area contributed by atoms with E-state index in [-0.39, 0.29) is 0 Å². The molecule has 31 heavy (non-hydrogen) atoms. The van der Waals surface area contributed by atoms with Gasteiger partial charge in [-0.1, -0.05) is 51.0 Å². The maximum Gasteiger partial charge on any atom is 0.226 e. The summed E-state index contributed by atoms with van der Waals surface area (Å²) in [7, 11) is 0. The molecule has 4 nitrogen and oxygen atoms in total. The lowest BCUT2D eigenvalue weighted by Gasteiger charge is -2.04. The summed E-state index contributed by atoms with van der Waals surface area (Å²) in [5, 5.41) is 0. The van der Waals surface area contributed by atoms with Gasteiger partial charge in [-0.05, 0) is 61.4 Å². The maximum atomic E-state index is 5.97. The lowest BCUT2D eigenvalue weighted by atomic mass is 10.2. The lowest BCUT2D eigenvalue weighted by molar-refractivity contribution is 0.362. The largest absolute Gasteiger partial charge is 0.490 e. The van der Waals surface area contributed by atoms with Crippen LogP contribution in [0.4, 0.5) is 0 Å². The van der Waals surface area contributed by atoms with Crippen LogP contribution in [0.2, 0.25) is 0 Å². The fourth-order valence-corrected chi connectivity index (χ4v) is 2.94. The van der Waals surface area contributed by atoms with Crippen molar-refractivity contribution in [2.24, 2.45) is 0 Å². The number of rotatable bonds is 12. The Bertz CT molecular complexity index is 875. The molecule has 0 spiro atoms. The molecule has 0 saturated heterocycles. The molecule has 0 aliphatic rings. The Morgan fingerprint density at radius 1 is 0.710 bits per heavy atom. The summed E-state index contributed by atoms with van der Waals surface area (Å²) in [6.45, 7) is 5.49. The molecule has 0 atom stereocenters.